The van der Waals surface area contributed by atoms with E-state index < -0.39 is 0 Å². The van der Waals surface area contributed by atoms with E-state index in [9.17, 15) is 0 Å². The van der Waals surface area contributed by atoms with Crippen LogP contribution >= 0.6 is 24.2 Å². The molecule has 3 rings (SSSR count). The van der Waals surface area contributed by atoms with Crippen LogP contribution in [0.3, 0.4) is 0 Å². The predicted octanol–water partition coefficient (Wildman–Crippen LogP) is 2.36. The van der Waals surface area contributed by atoms with Crippen molar-refractivity contribution >= 4 is 35.2 Å². The zero-order valence-electron chi connectivity index (χ0n) is 10.8. The minimum atomic E-state index is 0. The van der Waals surface area contributed by atoms with Gasteiger partial charge in [0.05, 0.1) is 11.0 Å². The summed E-state index contributed by atoms with van der Waals surface area (Å²) in [5.41, 5.74) is 1.98. The molecular weight excluding hydrogens is 280 g/mol. The van der Waals surface area contributed by atoms with Gasteiger partial charge in [-0.1, -0.05) is 23.9 Å². The number of thioether (sulfide) groups is 1. The lowest BCUT2D eigenvalue weighted by Gasteiger charge is -2.13. The molecule has 1 aromatic carbocycles. The molecule has 1 saturated heterocycles. The molecule has 0 bridgehead atoms. The third-order valence-corrected chi connectivity index (χ3v) is 4.33. The summed E-state index contributed by atoms with van der Waals surface area (Å²) in [5, 5.41) is 0.912. The Hall–Kier alpha value is -0.910. The number of halogens is 1. The second-order valence-corrected chi connectivity index (χ2v) is 5.71. The minimum absolute atomic E-state index is 0. The molecule has 0 unspecified atom stereocenters. The molecule has 2 aromatic rings. The van der Waals surface area contributed by atoms with E-state index in [4.69, 9.17) is 5.84 Å². The quantitative estimate of drug-likeness (QED) is 0.695. The molecule has 4 nitrogen and oxygen atoms in total. The molecule has 0 amide bonds. The summed E-state index contributed by atoms with van der Waals surface area (Å²) in [6.45, 7) is 3.63. The number of nitrogens with zero attached hydrogens (tertiary/aromatic N) is 3. The number of benzene rings is 1. The Balaban J connectivity index is 0.00000133. The molecule has 2 heterocycles. The molecule has 0 aliphatic carbocycles. The van der Waals surface area contributed by atoms with Crippen molar-refractivity contribution in [2.45, 2.75) is 18.0 Å². The molecule has 0 saturated carbocycles. The fourth-order valence-electron chi connectivity index (χ4n) is 2.40. The molecule has 1 aliphatic rings. The van der Waals surface area contributed by atoms with Gasteiger partial charge in [0, 0.05) is 12.3 Å². The summed E-state index contributed by atoms with van der Waals surface area (Å²) in [6.07, 6.45) is 2.69. The third kappa shape index (κ3) is 3.16. The van der Waals surface area contributed by atoms with Crippen molar-refractivity contribution in [2.75, 3.05) is 31.2 Å². The van der Waals surface area contributed by atoms with Crippen LogP contribution in [0, 0.1) is 0 Å². The Kier molecular flexibility index (Phi) is 4.96. The Labute approximate surface area is 123 Å². The van der Waals surface area contributed by atoms with Crippen LogP contribution in [0.2, 0.25) is 0 Å². The van der Waals surface area contributed by atoms with Crippen LogP contribution in [0.4, 0.5) is 0 Å². The third-order valence-electron chi connectivity index (χ3n) is 3.40. The van der Waals surface area contributed by atoms with Crippen molar-refractivity contribution in [3.8, 4) is 0 Å². The Morgan fingerprint density at radius 1 is 1.21 bits per heavy atom. The zero-order chi connectivity index (χ0) is 12.4. The molecule has 1 aliphatic heterocycles. The molecule has 6 heteroatoms. The number of imidazole rings is 1. The fourth-order valence-corrected chi connectivity index (χ4v) is 3.33. The number of rotatable bonds is 4. The van der Waals surface area contributed by atoms with Gasteiger partial charge in [-0.15, -0.1) is 12.4 Å². The topological polar surface area (TPSA) is 47.1 Å². The first-order valence-corrected chi connectivity index (χ1v) is 7.41. The molecule has 2 N–H and O–H groups in total. The molecular formula is C13H19ClN4S. The number of aromatic nitrogens is 2. The van der Waals surface area contributed by atoms with Crippen LogP contribution in [-0.2, 0) is 0 Å². The average Bonchev–Trinajstić information content (AvgIpc) is 3.00. The van der Waals surface area contributed by atoms with E-state index in [1.54, 1.807) is 16.4 Å². The highest BCUT2D eigenvalue weighted by molar-refractivity contribution is 7.99. The van der Waals surface area contributed by atoms with Crippen LogP contribution in [0.15, 0.2) is 29.4 Å². The fraction of sp³-hybridized carbons (Fsp3) is 0.462. The van der Waals surface area contributed by atoms with E-state index in [1.807, 2.05) is 24.3 Å². The second-order valence-electron chi connectivity index (χ2n) is 4.65. The van der Waals surface area contributed by atoms with E-state index in [0.29, 0.717) is 0 Å². The maximum atomic E-state index is 6.05. The Bertz CT molecular complexity index is 536. The van der Waals surface area contributed by atoms with Crippen LogP contribution in [-0.4, -0.2) is 39.9 Å². The first kappa shape index (κ1) is 14.5. The van der Waals surface area contributed by atoms with Gasteiger partial charge in [-0.25, -0.2) is 9.66 Å². The van der Waals surface area contributed by atoms with Crippen LogP contribution in [0.25, 0.3) is 11.0 Å². The van der Waals surface area contributed by atoms with Gasteiger partial charge in [-0.3, -0.25) is 0 Å². The van der Waals surface area contributed by atoms with Crippen molar-refractivity contribution in [1.82, 2.24) is 14.6 Å². The van der Waals surface area contributed by atoms with E-state index in [-0.39, 0.29) is 12.4 Å². The normalized spacial score (nSPS) is 15.8. The molecule has 19 heavy (non-hydrogen) atoms. The van der Waals surface area contributed by atoms with E-state index in [2.05, 4.69) is 9.88 Å². The van der Waals surface area contributed by atoms with Gasteiger partial charge in [0.15, 0.2) is 5.16 Å². The van der Waals surface area contributed by atoms with Gasteiger partial charge in [0.25, 0.3) is 0 Å². The van der Waals surface area contributed by atoms with Gasteiger partial charge >= 0.3 is 0 Å². The highest BCUT2D eigenvalue weighted by Gasteiger charge is 2.12. The largest absolute Gasteiger partial charge is 0.337 e. The monoisotopic (exact) mass is 298 g/mol. The van der Waals surface area contributed by atoms with E-state index >= 15 is 0 Å². The number of hydrogen-bond donors (Lipinski definition) is 1. The Morgan fingerprint density at radius 3 is 2.68 bits per heavy atom. The first-order chi connectivity index (χ1) is 8.84. The number of likely N-dealkylation sites (tertiary alicyclic amines) is 1. The predicted molar refractivity (Wildman–Crippen MR) is 83.5 cm³/mol. The number of hydrogen-bond acceptors (Lipinski definition) is 4. The van der Waals surface area contributed by atoms with Gasteiger partial charge in [0.1, 0.15) is 0 Å². The van der Waals surface area contributed by atoms with Crippen LogP contribution in [0.5, 0.6) is 0 Å². The molecule has 104 valence electrons. The molecule has 0 spiro atoms. The Morgan fingerprint density at radius 2 is 1.95 bits per heavy atom. The average molecular weight is 299 g/mol. The van der Waals surface area contributed by atoms with Gasteiger partial charge in [-0.2, -0.15) is 0 Å². The van der Waals surface area contributed by atoms with Crippen molar-refractivity contribution < 1.29 is 0 Å². The summed E-state index contributed by atoms with van der Waals surface area (Å²) in [7, 11) is 0. The SMILES string of the molecule is Cl.Nn1c(SCCN2CCCC2)nc2ccccc21. The summed E-state index contributed by atoms with van der Waals surface area (Å²) in [5.74, 6) is 7.11. The summed E-state index contributed by atoms with van der Waals surface area (Å²) in [4.78, 5) is 7.07. The standard InChI is InChI=1S/C13H18N4S.ClH/c14-17-12-6-2-1-5-11(12)15-13(17)18-10-9-16-7-3-4-8-16;/h1-2,5-6H,3-4,7-10,14H2;1H. The molecule has 0 radical (unpaired) electrons. The zero-order valence-corrected chi connectivity index (χ0v) is 12.4. The summed E-state index contributed by atoms with van der Waals surface area (Å²) >= 11 is 1.74. The van der Waals surface area contributed by atoms with Crippen molar-refractivity contribution in [1.29, 1.82) is 0 Å². The van der Waals surface area contributed by atoms with Crippen molar-refractivity contribution in [2.24, 2.45) is 0 Å². The number of nitrogen functional groups attached to an aromatic ring is 1. The first-order valence-electron chi connectivity index (χ1n) is 6.42. The lowest BCUT2D eigenvalue weighted by atomic mass is 10.3. The number of nitrogens with two attached hydrogens (primary N) is 1. The van der Waals surface area contributed by atoms with E-state index in [1.165, 1.54) is 25.9 Å². The smallest absolute Gasteiger partial charge is 0.187 e. The van der Waals surface area contributed by atoms with Gasteiger partial charge < -0.3 is 10.7 Å². The summed E-state index contributed by atoms with van der Waals surface area (Å²) in [6, 6.07) is 8.00. The summed E-state index contributed by atoms with van der Waals surface area (Å²) < 4.78 is 1.70. The maximum Gasteiger partial charge on any atom is 0.187 e. The van der Waals surface area contributed by atoms with Crippen LogP contribution in [0.1, 0.15) is 12.8 Å². The van der Waals surface area contributed by atoms with Crippen molar-refractivity contribution in [3.05, 3.63) is 24.3 Å². The highest BCUT2D eigenvalue weighted by Crippen LogP contribution is 2.21. The van der Waals surface area contributed by atoms with Gasteiger partial charge in [-0.05, 0) is 38.1 Å². The minimum Gasteiger partial charge on any atom is -0.337 e. The molecule has 1 fully saturated rings. The molecule has 0 atom stereocenters. The maximum absolute atomic E-state index is 6.05. The second kappa shape index (κ2) is 6.50. The molecule has 1 aromatic heterocycles. The number of para-hydroxylation sites is 2. The highest BCUT2D eigenvalue weighted by atomic mass is 35.5. The number of fused-ring (bicyclic) bond motifs is 1. The lowest BCUT2D eigenvalue weighted by Crippen LogP contribution is -2.22. The van der Waals surface area contributed by atoms with Crippen molar-refractivity contribution in [3.63, 3.8) is 0 Å². The lowest BCUT2D eigenvalue weighted by molar-refractivity contribution is 0.362. The van der Waals surface area contributed by atoms with E-state index in [0.717, 1.165) is 28.5 Å². The van der Waals surface area contributed by atoms with Crippen LogP contribution < -0.4 is 5.84 Å². The van der Waals surface area contributed by atoms with Gasteiger partial charge in [0.2, 0.25) is 0 Å².